The highest BCUT2D eigenvalue weighted by molar-refractivity contribution is 9.28. The molecule has 10 heteroatoms. The van der Waals surface area contributed by atoms with E-state index in [1.54, 1.807) is 0 Å². The first kappa shape index (κ1) is 15.4. The number of halogens is 2. The van der Waals surface area contributed by atoms with Crippen LogP contribution in [-0.2, 0) is 25.2 Å². The van der Waals surface area contributed by atoms with Crippen molar-refractivity contribution in [3.63, 3.8) is 0 Å². The zero-order valence-corrected chi connectivity index (χ0v) is 13.7. The Morgan fingerprint density at radius 1 is 1.50 bits per heavy atom. The largest absolute Gasteiger partial charge is 0.477 e. The number of carbonyl (C=O) groups excluding carboxylic acids is 2. The highest BCUT2D eigenvalue weighted by Gasteiger charge is 2.56. The molecule has 0 bridgehead atoms. The van der Waals surface area contributed by atoms with Crippen molar-refractivity contribution in [3.05, 3.63) is 20.7 Å². The summed E-state index contributed by atoms with van der Waals surface area (Å²) in [6.45, 7) is 0. The van der Waals surface area contributed by atoms with E-state index in [2.05, 4.69) is 37.2 Å². The SMILES string of the molecule is O=CNC1C(=O)N2C(C(=O)O)=C(C=C(Br)Br)CS(=O)[C@H]12. The van der Waals surface area contributed by atoms with Gasteiger partial charge in [-0.15, -0.1) is 0 Å². The smallest absolute Gasteiger partial charge is 0.352 e. The predicted molar refractivity (Wildman–Crippen MR) is 77.2 cm³/mol. The third-order valence-corrected chi connectivity index (χ3v) is 4.96. The molecule has 0 spiro atoms. The maximum atomic E-state index is 12.1. The molecule has 7 nitrogen and oxygen atoms in total. The Balaban J connectivity index is 2.47. The van der Waals surface area contributed by atoms with E-state index in [9.17, 15) is 23.7 Å². The fraction of sp³-hybridized carbons (Fsp3) is 0.300. The monoisotopic (exact) mass is 426 g/mol. The van der Waals surface area contributed by atoms with E-state index < -0.39 is 34.1 Å². The molecule has 2 amide bonds. The summed E-state index contributed by atoms with van der Waals surface area (Å²) >= 11 is 6.20. The minimum atomic E-state index is -1.49. The van der Waals surface area contributed by atoms with Crippen LogP contribution in [0.2, 0.25) is 0 Å². The molecule has 3 atom stereocenters. The second-order valence-corrected chi connectivity index (χ2v) is 8.31. The number of hydrogen-bond acceptors (Lipinski definition) is 4. The number of carboxylic acids is 1. The molecule has 2 aliphatic heterocycles. The van der Waals surface area contributed by atoms with E-state index in [1.165, 1.54) is 6.08 Å². The molecule has 108 valence electrons. The second kappa shape index (κ2) is 5.78. The van der Waals surface area contributed by atoms with E-state index in [-0.39, 0.29) is 17.0 Å². The van der Waals surface area contributed by atoms with Crippen molar-refractivity contribution in [2.75, 3.05) is 5.75 Å². The lowest BCUT2D eigenvalue weighted by Crippen LogP contribution is -2.72. The summed E-state index contributed by atoms with van der Waals surface area (Å²) in [7, 11) is -1.49. The molecule has 0 aliphatic carbocycles. The van der Waals surface area contributed by atoms with Gasteiger partial charge in [0, 0.05) is 0 Å². The van der Waals surface area contributed by atoms with E-state index >= 15 is 0 Å². The van der Waals surface area contributed by atoms with Gasteiger partial charge < -0.3 is 10.4 Å². The molecular weight excluding hydrogens is 420 g/mol. The lowest BCUT2D eigenvalue weighted by molar-refractivity contribution is -0.150. The van der Waals surface area contributed by atoms with Crippen LogP contribution in [-0.4, -0.2) is 49.7 Å². The third kappa shape index (κ3) is 2.47. The summed E-state index contributed by atoms with van der Waals surface area (Å²) < 4.78 is 12.6. The molecule has 0 aromatic rings. The Morgan fingerprint density at radius 2 is 2.15 bits per heavy atom. The number of fused-ring (bicyclic) bond motifs is 1. The number of nitrogens with zero attached hydrogens (tertiary/aromatic N) is 1. The van der Waals surface area contributed by atoms with Gasteiger partial charge in [0.05, 0.1) is 19.9 Å². The number of aliphatic carboxylic acids is 1. The number of hydrogen-bond donors (Lipinski definition) is 2. The Kier molecular flexibility index (Phi) is 4.45. The van der Waals surface area contributed by atoms with Crippen LogP contribution >= 0.6 is 31.9 Å². The van der Waals surface area contributed by atoms with Gasteiger partial charge in [-0.1, -0.05) is 0 Å². The number of allylic oxidation sites excluding steroid dienone is 1. The molecule has 2 unspecified atom stereocenters. The summed E-state index contributed by atoms with van der Waals surface area (Å²) in [4.78, 5) is 34.7. The molecule has 2 rings (SSSR count). The lowest BCUT2D eigenvalue weighted by Gasteiger charge is -2.48. The number of nitrogens with one attached hydrogen (secondary N) is 1. The van der Waals surface area contributed by atoms with Crippen LogP contribution in [0.15, 0.2) is 20.7 Å². The molecule has 20 heavy (non-hydrogen) atoms. The molecule has 0 saturated carbocycles. The van der Waals surface area contributed by atoms with Crippen molar-refractivity contribution in [1.29, 1.82) is 0 Å². The van der Waals surface area contributed by atoms with Crippen molar-refractivity contribution >= 4 is 60.9 Å². The summed E-state index contributed by atoms with van der Waals surface area (Å²) in [5.41, 5.74) is 0.0636. The maximum Gasteiger partial charge on any atom is 0.352 e. The minimum absolute atomic E-state index is 0.00613. The standard InChI is InChI=1S/C10H8Br2N2O5S/c11-5(12)1-4-2-20(19)9-6(13-3-15)8(16)14(9)7(4)10(17)18/h1,3,6,9H,2H2,(H,13,15)(H,17,18)/t6?,9-,20?/m1/s1. The van der Waals surface area contributed by atoms with Crippen LogP contribution in [0.25, 0.3) is 0 Å². The van der Waals surface area contributed by atoms with Gasteiger partial charge in [-0.3, -0.25) is 18.7 Å². The molecule has 2 heterocycles. The maximum absolute atomic E-state index is 12.1. The average Bonchev–Trinajstić information content (AvgIpc) is 2.34. The first-order valence-electron chi connectivity index (χ1n) is 5.27. The fourth-order valence-corrected chi connectivity index (χ4v) is 4.33. The number of rotatable bonds is 4. The number of carbonyl (C=O) groups is 3. The predicted octanol–water partition coefficient (Wildman–Crippen LogP) is 0.00150. The summed E-state index contributed by atoms with van der Waals surface area (Å²) in [6, 6.07) is -0.930. The van der Waals surface area contributed by atoms with Gasteiger partial charge in [0.25, 0.3) is 5.91 Å². The highest BCUT2D eigenvalue weighted by atomic mass is 79.9. The highest BCUT2D eigenvalue weighted by Crippen LogP contribution is 2.36. The van der Waals surface area contributed by atoms with E-state index in [0.717, 1.165) is 4.90 Å². The normalized spacial score (nSPS) is 28.4. The van der Waals surface area contributed by atoms with Crippen molar-refractivity contribution in [2.24, 2.45) is 0 Å². The van der Waals surface area contributed by atoms with Crippen LogP contribution in [0.3, 0.4) is 0 Å². The average molecular weight is 428 g/mol. The van der Waals surface area contributed by atoms with Gasteiger partial charge in [-0.2, -0.15) is 0 Å². The molecular formula is C10H8Br2N2O5S. The zero-order chi connectivity index (χ0) is 15.0. The molecule has 2 aliphatic rings. The molecule has 1 saturated heterocycles. The van der Waals surface area contributed by atoms with Crippen molar-refractivity contribution in [2.45, 2.75) is 11.4 Å². The number of carboxylic acid groups (broad SMARTS) is 1. The Morgan fingerprint density at radius 3 is 2.65 bits per heavy atom. The van der Waals surface area contributed by atoms with Gasteiger partial charge in [0.2, 0.25) is 6.41 Å². The van der Waals surface area contributed by atoms with Gasteiger partial charge in [0.15, 0.2) is 0 Å². The van der Waals surface area contributed by atoms with Crippen LogP contribution in [0.1, 0.15) is 0 Å². The Hall–Kier alpha value is -1.000. The quantitative estimate of drug-likeness (QED) is 0.485. The third-order valence-electron chi connectivity index (χ3n) is 2.89. The van der Waals surface area contributed by atoms with E-state index in [0.29, 0.717) is 9.80 Å². The first-order chi connectivity index (χ1) is 9.38. The van der Waals surface area contributed by atoms with Crippen LogP contribution in [0.5, 0.6) is 0 Å². The topological polar surface area (TPSA) is 104 Å². The fourth-order valence-electron chi connectivity index (χ4n) is 2.14. The van der Waals surface area contributed by atoms with E-state index in [1.807, 2.05) is 0 Å². The molecule has 0 radical (unpaired) electrons. The van der Waals surface area contributed by atoms with E-state index in [4.69, 9.17) is 0 Å². The number of amides is 2. The first-order valence-corrected chi connectivity index (χ1v) is 8.24. The van der Waals surface area contributed by atoms with Crippen molar-refractivity contribution in [3.8, 4) is 0 Å². The Bertz CT molecular complexity index is 584. The summed E-state index contributed by atoms with van der Waals surface area (Å²) in [5.74, 6) is -1.87. The van der Waals surface area contributed by atoms with Gasteiger partial charge >= 0.3 is 5.97 Å². The second-order valence-electron chi connectivity index (χ2n) is 4.00. The molecule has 0 aromatic heterocycles. The minimum Gasteiger partial charge on any atom is -0.477 e. The van der Waals surface area contributed by atoms with Gasteiger partial charge in [-0.05, 0) is 43.5 Å². The van der Waals surface area contributed by atoms with Gasteiger partial charge in [-0.25, -0.2) is 4.79 Å². The summed E-state index contributed by atoms with van der Waals surface area (Å²) in [6.07, 6.45) is 1.79. The van der Waals surface area contributed by atoms with Gasteiger partial charge in [0.1, 0.15) is 17.1 Å². The van der Waals surface area contributed by atoms with Crippen LogP contribution < -0.4 is 5.32 Å². The summed E-state index contributed by atoms with van der Waals surface area (Å²) in [5, 5.41) is 10.7. The van der Waals surface area contributed by atoms with Crippen molar-refractivity contribution in [1.82, 2.24) is 10.2 Å². The zero-order valence-electron chi connectivity index (χ0n) is 9.71. The molecule has 0 aromatic carbocycles. The van der Waals surface area contributed by atoms with Crippen LogP contribution in [0.4, 0.5) is 0 Å². The number of β-lactam (4-membered cyclic amide) rings is 1. The molecule has 2 N–H and O–H groups in total. The van der Waals surface area contributed by atoms with Crippen LogP contribution in [0, 0.1) is 0 Å². The lowest BCUT2D eigenvalue weighted by atomic mass is 10.0. The van der Waals surface area contributed by atoms with Crippen molar-refractivity contribution < 1.29 is 23.7 Å². The Labute approximate surface area is 132 Å². The molecule has 1 fully saturated rings.